The Morgan fingerprint density at radius 3 is 2.80 bits per heavy atom. The van der Waals surface area contributed by atoms with E-state index in [1.165, 1.54) is 38.0 Å². The third-order valence-corrected chi connectivity index (χ3v) is 6.63. The van der Waals surface area contributed by atoms with Crippen LogP contribution in [0.1, 0.15) is 51.0 Å². The third-order valence-electron chi connectivity index (χ3n) is 5.02. The first-order chi connectivity index (χ1) is 9.74. The zero-order chi connectivity index (χ0) is 14.0. The van der Waals surface area contributed by atoms with E-state index in [0.717, 1.165) is 11.8 Å². The molecule has 0 radical (unpaired) electrons. The van der Waals surface area contributed by atoms with Crippen LogP contribution in [0.3, 0.4) is 0 Å². The smallest absolute Gasteiger partial charge is 0.0288 e. The van der Waals surface area contributed by atoms with Crippen molar-refractivity contribution in [3.63, 3.8) is 0 Å². The first-order valence-corrected chi connectivity index (χ1v) is 9.15. The molecule has 0 bridgehead atoms. The SMILES string of the molecule is CCCNC(C1CC1c1ccccc1)C1(C)CCCS1. The Labute approximate surface area is 127 Å². The van der Waals surface area contributed by atoms with Crippen LogP contribution in [-0.2, 0) is 0 Å². The molecule has 2 aliphatic rings. The van der Waals surface area contributed by atoms with Crippen LogP contribution in [0.4, 0.5) is 0 Å². The molecule has 1 aliphatic carbocycles. The number of hydrogen-bond donors (Lipinski definition) is 1. The van der Waals surface area contributed by atoms with Gasteiger partial charge in [-0.05, 0) is 62.3 Å². The Bertz CT molecular complexity index is 424. The molecular weight excluding hydrogens is 262 g/mol. The zero-order valence-electron chi connectivity index (χ0n) is 12.8. The van der Waals surface area contributed by atoms with Gasteiger partial charge in [0, 0.05) is 10.8 Å². The molecule has 1 aromatic rings. The van der Waals surface area contributed by atoms with Crippen molar-refractivity contribution >= 4 is 11.8 Å². The minimum Gasteiger partial charge on any atom is -0.312 e. The van der Waals surface area contributed by atoms with E-state index >= 15 is 0 Å². The summed E-state index contributed by atoms with van der Waals surface area (Å²) in [6.45, 7) is 5.94. The fourth-order valence-corrected chi connectivity index (χ4v) is 5.31. The second-order valence-electron chi connectivity index (χ2n) is 6.61. The van der Waals surface area contributed by atoms with E-state index in [0.29, 0.717) is 10.8 Å². The molecule has 1 nitrogen and oxygen atoms in total. The Morgan fingerprint density at radius 1 is 1.35 bits per heavy atom. The largest absolute Gasteiger partial charge is 0.312 e. The fraction of sp³-hybridized carbons (Fsp3) is 0.667. The van der Waals surface area contributed by atoms with Gasteiger partial charge in [0.25, 0.3) is 0 Å². The standard InChI is InChI=1S/C18H27NS/c1-3-11-19-17(18(2)10-7-12-20-18)16-13-15(16)14-8-5-4-6-9-14/h4-6,8-9,15-17,19H,3,7,10-13H2,1-2H3. The average molecular weight is 289 g/mol. The Kier molecular flexibility index (Phi) is 4.42. The summed E-state index contributed by atoms with van der Waals surface area (Å²) >= 11 is 2.21. The van der Waals surface area contributed by atoms with Gasteiger partial charge in [0.15, 0.2) is 0 Å². The normalized spacial score (nSPS) is 34.1. The lowest BCUT2D eigenvalue weighted by Gasteiger charge is -2.35. The minimum atomic E-state index is 0.462. The Hall–Kier alpha value is -0.470. The van der Waals surface area contributed by atoms with E-state index in [1.54, 1.807) is 5.56 Å². The minimum absolute atomic E-state index is 0.462. The summed E-state index contributed by atoms with van der Waals surface area (Å²) < 4.78 is 0.462. The van der Waals surface area contributed by atoms with Crippen molar-refractivity contribution in [1.82, 2.24) is 5.32 Å². The van der Waals surface area contributed by atoms with Gasteiger partial charge in [0.1, 0.15) is 0 Å². The number of rotatable bonds is 6. The molecule has 1 saturated heterocycles. The lowest BCUT2D eigenvalue weighted by Crippen LogP contribution is -2.47. The summed E-state index contributed by atoms with van der Waals surface area (Å²) in [5.41, 5.74) is 1.55. The van der Waals surface area contributed by atoms with Gasteiger partial charge in [-0.2, -0.15) is 11.8 Å². The lowest BCUT2D eigenvalue weighted by atomic mass is 9.90. The number of nitrogens with one attached hydrogen (secondary N) is 1. The zero-order valence-corrected chi connectivity index (χ0v) is 13.6. The maximum absolute atomic E-state index is 3.89. The quantitative estimate of drug-likeness (QED) is 0.830. The molecule has 2 fully saturated rings. The van der Waals surface area contributed by atoms with Crippen molar-refractivity contribution < 1.29 is 0 Å². The highest BCUT2D eigenvalue weighted by Crippen LogP contribution is 2.55. The van der Waals surface area contributed by atoms with E-state index < -0.39 is 0 Å². The van der Waals surface area contributed by atoms with Crippen molar-refractivity contribution in [2.24, 2.45) is 5.92 Å². The summed E-state index contributed by atoms with van der Waals surface area (Å²) in [5.74, 6) is 2.99. The molecule has 0 amide bonds. The molecule has 0 spiro atoms. The van der Waals surface area contributed by atoms with Crippen molar-refractivity contribution in [2.75, 3.05) is 12.3 Å². The highest BCUT2D eigenvalue weighted by atomic mass is 32.2. The van der Waals surface area contributed by atoms with E-state index in [-0.39, 0.29) is 0 Å². The molecule has 1 N–H and O–H groups in total. The predicted octanol–water partition coefficient (Wildman–Crippen LogP) is 4.44. The van der Waals surface area contributed by atoms with E-state index in [1.807, 2.05) is 0 Å². The molecular formula is C18H27NS. The molecule has 1 aromatic carbocycles. The second kappa shape index (κ2) is 6.11. The van der Waals surface area contributed by atoms with Gasteiger partial charge in [-0.3, -0.25) is 0 Å². The van der Waals surface area contributed by atoms with E-state index in [2.05, 4.69) is 61.3 Å². The van der Waals surface area contributed by atoms with Crippen LogP contribution >= 0.6 is 11.8 Å². The van der Waals surface area contributed by atoms with Crippen LogP contribution in [0.5, 0.6) is 0 Å². The molecule has 2 heteroatoms. The van der Waals surface area contributed by atoms with Gasteiger partial charge in [-0.1, -0.05) is 37.3 Å². The summed E-state index contributed by atoms with van der Waals surface area (Å²) in [5, 5.41) is 3.89. The second-order valence-corrected chi connectivity index (χ2v) is 8.24. The maximum Gasteiger partial charge on any atom is 0.0288 e. The topological polar surface area (TPSA) is 12.0 Å². The molecule has 1 saturated carbocycles. The summed E-state index contributed by atoms with van der Waals surface area (Å²) in [7, 11) is 0. The molecule has 0 aromatic heterocycles. The monoisotopic (exact) mass is 289 g/mol. The highest BCUT2D eigenvalue weighted by Gasteiger charge is 2.51. The summed E-state index contributed by atoms with van der Waals surface area (Å²) in [6, 6.07) is 11.8. The fourth-order valence-electron chi connectivity index (χ4n) is 3.83. The molecule has 4 unspecified atom stereocenters. The van der Waals surface area contributed by atoms with Gasteiger partial charge in [-0.25, -0.2) is 0 Å². The van der Waals surface area contributed by atoms with Crippen LogP contribution in [0, 0.1) is 5.92 Å². The van der Waals surface area contributed by atoms with Gasteiger partial charge in [0.2, 0.25) is 0 Å². The van der Waals surface area contributed by atoms with Crippen molar-refractivity contribution in [1.29, 1.82) is 0 Å². The van der Waals surface area contributed by atoms with Gasteiger partial charge in [-0.15, -0.1) is 0 Å². The first-order valence-electron chi connectivity index (χ1n) is 8.17. The summed E-state index contributed by atoms with van der Waals surface area (Å²) in [4.78, 5) is 0. The number of thioether (sulfide) groups is 1. The number of benzene rings is 1. The van der Waals surface area contributed by atoms with Crippen LogP contribution in [-0.4, -0.2) is 23.1 Å². The van der Waals surface area contributed by atoms with Gasteiger partial charge < -0.3 is 5.32 Å². The molecule has 3 rings (SSSR count). The predicted molar refractivity (Wildman–Crippen MR) is 89.5 cm³/mol. The third kappa shape index (κ3) is 2.92. The molecule has 1 heterocycles. The maximum atomic E-state index is 3.89. The lowest BCUT2D eigenvalue weighted by molar-refractivity contribution is 0.360. The first kappa shape index (κ1) is 14.5. The molecule has 110 valence electrons. The summed E-state index contributed by atoms with van der Waals surface area (Å²) in [6.07, 6.45) is 5.40. The van der Waals surface area contributed by atoms with Crippen molar-refractivity contribution in [2.45, 2.75) is 56.2 Å². The van der Waals surface area contributed by atoms with Crippen LogP contribution in [0.25, 0.3) is 0 Å². The molecule has 1 aliphatic heterocycles. The van der Waals surface area contributed by atoms with Crippen molar-refractivity contribution in [3.05, 3.63) is 35.9 Å². The van der Waals surface area contributed by atoms with Crippen LogP contribution in [0.15, 0.2) is 30.3 Å². The Balaban J connectivity index is 1.71. The van der Waals surface area contributed by atoms with Gasteiger partial charge in [0.05, 0.1) is 0 Å². The van der Waals surface area contributed by atoms with Crippen LogP contribution in [0.2, 0.25) is 0 Å². The average Bonchev–Trinajstić information content (AvgIpc) is 3.14. The highest BCUT2D eigenvalue weighted by molar-refractivity contribution is 8.00. The van der Waals surface area contributed by atoms with Gasteiger partial charge >= 0.3 is 0 Å². The van der Waals surface area contributed by atoms with E-state index in [9.17, 15) is 0 Å². The molecule has 4 atom stereocenters. The van der Waals surface area contributed by atoms with E-state index in [4.69, 9.17) is 0 Å². The van der Waals surface area contributed by atoms with Crippen molar-refractivity contribution in [3.8, 4) is 0 Å². The number of hydrogen-bond acceptors (Lipinski definition) is 2. The van der Waals surface area contributed by atoms with Crippen LogP contribution < -0.4 is 5.32 Å². The Morgan fingerprint density at radius 2 is 2.15 bits per heavy atom. The molecule has 20 heavy (non-hydrogen) atoms.